The van der Waals surface area contributed by atoms with Crippen LogP contribution < -0.4 is 5.73 Å². The van der Waals surface area contributed by atoms with E-state index >= 15 is 0 Å². The summed E-state index contributed by atoms with van der Waals surface area (Å²) in [6.45, 7) is 2.35. The Morgan fingerprint density at radius 2 is 2.00 bits per heavy atom. The average Bonchev–Trinajstić information content (AvgIpc) is 2.17. The molecule has 3 N–H and O–H groups in total. The predicted octanol–water partition coefficient (Wildman–Crippen LogP) is 1.05. The average molecular weight is 187 g/mol. The molecule has 13 heavy (non-hydrogen) atoms. The molecular formula is C10H21NO2. The van der Waals surface area contributed by atoms with Gasteiger partial charge in [0.15, 0.2) is 0 Å². The first-order chi connectivity index (χ1) is 6.14. The van der Waals surface area contributed by atoms with Crippen molar-refractivity contribution in [2.24, 2.45) is 5.73 Å². The highest BCUT2D eigenvalue weighted by Crippen LogP contribution is 2.21. The Kier molecular flexibility index (Phi) is 4.16. The van der Waals surface area contributed by atoms with Crippen LogP contribution >= 0.6 is 0 Å². The van der Waals surface area contributed by atoms with Crippen LogP contribution in [-0.4, -0.2) is 30.0 Å². The van der Waals surface area contributed by atoms with Crippen LogP contribution in [0.25, 0.3) is 0 Å². The van der Waals surface area contributed by atoms with Gasteiger partial charge in [-0.1, -0.05) is 19.3 Å². The Balaban J connectivity index is 2.17. The maximum atomic E-state index is 9.60. The van der Waals surface area contributed by atoms with Crippen molar-refractivity contribution in [3.8, 4) is 0 Å². The third kappa shape index (κ3) is 4.07. The van der Waals surface area contributed by atoms with Crippen molar-refractivity contribution in [3.63, 3.8) is 0 Å². The van der Waals surface area contributed by atoms with Gasteiger partial charge in [-0.25, -0.2) is 0 Å². The van der Waals surface area contributed by atoms with Crippen molar-refractivity contribution in [1.82, 2.24) is 0 Å². The second kappa shape index (κ2) is 4.94. The number of nitrogens with two attached hydrogens (primary N) is 1. The molecular weight excluding hydrogens is 166 g/mol. The van der Waals surface area contributed by atoms with Crippen molar-refractivity contribution in [3.05, 3.63) is 0 Å². The van der Waals surface area contributed by atoms with Gasteiger partial charge in [-0.15, -0.1) is 0 Å². The summed E-state index contributed by atoms with van der Waals surface area (Å²) in [6.07, 6.45) is 6.48. The zero-order valence-corrected chi connectivity index (χ0v) is 8.46. The Hall–Kier alpha value is -0.120. The van der Waals surface area contributed by atoms with E-state index < -0.39 is 5.60 Å². The highest BCUT2D eigenvalue weighted by Gasteiger charge is 2.21. The minimum Gasteiger partial charge on any atom is -0.386 e. The van der Waals surface area contributed by atoms with Crippen molar-refractivity contribution < 1.29 is 9.84 Å². The first-order valence-electron chi connectivity index (χ1n) is 5.18. The molecule has 0 spiro atoms. The van der Waals surface area contributed by atoms with Gasteiger partial charge in [0.05, 0.1) is 18.3 Å². The van der Waals surface area contributed by atoms with Crippen LogP contribution in [0.4, 0.5) is 0 Å². The Morgan fingerprint density at radius 1 is 1.38 bits per heavy atom. The minimum atomic E-state index is -0.850. The minimum absolute atomic E-state index is 0.264. The fraction of sp³-hybridized carbons (Fsp3) is 1.00. The molecule has 0 amide bonds. The van der Waals surface area contributed by atoms with Gasteiger partial charge in [-0.05, 0) is 19.8 Å². The van der Waals surface area contributed by atoms with E-state index in [0.717, 1.165) is 12.8 Å². The largest absolute Gasteiger partial charge is 0.386 e. The molecule has 3 heteroatoms. The predicted molar refractivity (Wildman–Crippen MR) is 52.5 cm³/mol. The molecule has 3 nitrogen and oxygen atoms in total. The van der Waals surface area contributed by atoms with Crippen LogP contribution in [0.15, 0.2) is 0 Å². The van der Waals surface area contributed by atoms with Gasteiger partial charge < -0.3 is 15.6 Å². The molecule has 1 rings (SSSR count). The second-order valence-electron chi connectivity index (χ2n) is 4.27. The molecule has 0 aromatic carbocycles. The smallest absolute Gasteiger partial charge is 0.0973 e. The molecule has 1 atom stereocenters. The molecule has 1 fully saturated rings. The molecule has 0 radical (unpaired) electrons. The summed E-state index contributed by atoms with van der Waals surface area (Å²) < 4.78 is 5.61. The van der Waals surface area contributed by atoms with Crippen LogP contribution in [-0.2, 0) is 4.74 Å². The van der Waals surface area contributed by atoms with Crippen LogP contribution in [0.1, 0.15) is 39.0 Å². The number of ether oxygens (including phenoxy) is 1. The molecule has 0 bridgehead atoms. The highest BCUT2D eigenvalue weighted by molar-refractivity contribution is 4.74. The van der Waals surface area contributed by atoms with Crippen LogP contribution in [0.5, 0.6) is 0 Å². The topological polar surface area (TPSA) is 55.5 Å². The van der Waals surface area contributed by atoms with Crippen molar-refractivity contribution in [1.29, 1.82) is 0 Å². The number of aliphatic hydroxyl groups is 1. The van der Waals surface area contributed by atoms with Crippen molar-refractivity contribution in [2.45, 2.75) is 50.7 Å². The van der Waals surface area contributed by atoms with E-state index in [0.29, 0.717) is 12.7 Å². The Morgan fingerprint density at radius 3 is 2.54 bits per heavy atom. The van der Waals surface area contributed by atoms with Crippen molar-refractivity contribution >= 4 is 0 Å². The summed E-state index contributed by atoms with van der Waals surface area (Å²) in [5, 5.41) is 9.60. The number of rotatable bonds is 4. The summed E-state index contributed by atoms with van der Waals surface area (Å²) in [5.74, 6) is 0. The maximum Gasteiger partial charge on any atom is 0.0973 e. The van der Waals surface area contributed by atoms with Gasteiger partial charge in [-0.2, -0.15) is 0 Å². The number of hydrogen-bond donors (Lipinski definition) is 2. The van der Waals surface area contributed by atoms with E-state index in [2.05, 4.69) is 0 Å². The lowest BCUT2D eigenvalue weighted by atomic mass is 9.97. The quantitative estimate of drug-likeness (QED) is 0.691. The van der Waals surface area contributed by atoms with Gasteiger partial charge in [0.25, 0.3) is 0 Å². The zero-order chi connectivity index (χ0) is 9.73. The lowest BCUT2D eigenvalue weighted by Gasteiger charge is -2.27. The first kappa shape index (κ1) is 11.0. The van der Waals surface area contributed by atoms with E-state index in [1.165, 1.54) is 19.3 Å². The number of hydrogen-bond acceptors (Lipinski definition) is 3. The lowest BCUT2D eigenvalue weighted by Crippen LogP contribution is -2.40. The molecule has 0 aromatic heterocycles. The third-order valence-electron chi connectivity index (χ3n) is 2.62. The highest BCUT2D eigenvalue weighted by atomic mass is 16.5. The van der Waals surface area contributed by atoms with Gasteiger partial charge in [-0.3, -0.25) is 0 Å². The molecule has 1 unspecified atom stereocenters. The lowest BCUT2D eigenvalue weighted by molar-refractivity contribution is -0.0667. The fourth-order valence-corrected chi connectivity index (χ4v) is 1.59. The van der Waals surface area contributed by atoms with Gasteiger partial charge in [0.1, 0.15) is 0 Å². The molecule has 0 aromatic rings. The molecule has 78 valence electrons. The summed E-state index contributed by atoms with van der Waals surface area (Å²) in [5.41, 5.74) is 4.54. The Bertz CT molecular complexity index is 142. The standard InChI is InChI=1S/C10H21NO2/c1-10(12,7-11)8-13-9-5-3-2-4-6-9/h9,12H,2-8,11H2,1H3. The van der Waals surface area contributed by atoms with E-state index in [1.807, 2.05) is 0 Å². The van der Waals surface area contributed by atoms with Gasteiger partial charge in [0, 0.05) is 6.54 Å². The van der Waals surface area contributed by atoms with E-state index in [4.69, 9.17) is 10.5 Å². The normalized spacial score (nSPS) is 24.2. The van der Waals surface area contributed by atoms with Gasteiger partial charge >= 0.3 is 0 Å². The van der Waals surface area contributed by atoms with Crippen LogP contribution in [0, 0.1) is 0 Å². The first-order valence-corrected chi connectivity index (χ1v) is 5.18. The van der Waals surface area contributed by atoms with Gasteiger partial charge in [0.2, 0.25) is 0 Å². The Labute approximate surface area is 80.3 Å². The third-order valence-corrected chi connectivity index (χ3v) is 2.62. The SMILES string of the molecule is CC(O)(CN)COC1CCCCC1. The molecule has 1 saturated carbocycles. The summed E-state index contributed by atoms with van der Waals surface area (Å²) >= 11 is 0. The summed E-state index contributed by atoms with van der Waals surface area (Å²) in [7, 11) is 0. The summed E-state index contributed by atoms with van der Waals surface area (Å²) in [6, 6.07) is 0. The molecule has 1 aliphatic rings. The van der Waals surface area contributed by atoms with Crippen LogP contribution in [0.2, 0.25) is 0 Å². The van der Waals surface area contributed by atoms with E-state index in [9.17, 15) is 5.11 Å². The second-order valence-corrected chi connectivity index (χ2v) is 4.27. The maximum absolute atomic E-state index is 9.60. The fourth-order valence-electron chi connectivity index (χ4n) is 1.59. The van der Waals surface area contributed by atoms with Crippen LogP contribution in [0.3, 0.4) is 0 Å². The molecule has 0 saturated heterocycles. The molecule has 0 heterocycles. The molecule has 0 aliphatic heterocycles. The monoisotopic (exact) mass is 187 g/mol. The van der Waals surface area contributed by atoms with E-state index in [-0.39, 0.29) is 6.54 Å². The summed E-state index contributed by atoms with van der Waals surface area (Å²) in [4.78, 5) is 0. The van der Waals surface area contributed by atoms with Crippen molar-refractivity contribution in [2.75, 3.05) is 13.2 Å². The zero-order valence-electron chi connectivity index (χ0n) is 8.46. The van der Waals surface area contributed by atoms with E-state index in [1.54, 1.807) is 6.92 Å². The molecule has 1 aliphatic carbocycles.